The van der Waals surface area contributed by atoms with Gasteiger partial charge in [0.25, 0.3) is 0 Å². The van der Waals surface area contributed by atoms with Crippen molar-refractivity contribution in [3.63, 3.8) is 0 Å². The van der Waals surface area contributed by atoms with Crippen molar-refractivity contribution in [3.8, 4) is 0 Å². The van der Waals surface area contributed by atoms with Crippen LogP contribution in [0.3, 0.4) is 0 Å². The minimum absolute atomic E-state index is 0.0266. The molecule has 0 spiro atoms. The largest absolute Gasteiger partial charge is 0.390 e. The second-order valence-electron chi connectivity index (χ2n) is 7.15. The highest BCUT2D eigenvalue weighted by atomic mass is 32.2. The zero-order chi connectivity index (χ0) is 19.3. The number of fused-ring (bicyclic) bond motifs is 3. The van der Waals surface area contributed by atoms with E-state index in [2.05, 4.69) is 0 Å². The third-order valence-corrected chi connectivity index (χ3v) is 6.25. The minimum atomic E-state index is -3.42. The number of halogens is 2. The molecule has 3 aromatic rings. The van der Waals surface area contributed by atoms with E-state index in [0.717, 1.165) is 19.1 Å². The molecule has 2 aromatic carbocycles. The fourth-order valence-corrected chi connectivity index (χ4v) is 4.83. The fraction of sp³-hybridized carbons (Fsp3) is 0.368. The van der Waals surface area contributed by atoms with Gasteiger partial charge in [-0.3, -0.25) is 0 Å². The summed E-state index contributed by atoms with van der Waals surface area (Å²) in [5, 5.41) is 11.9. The van der Waals surface area contributed by atoms with Crippen molar-refractivity contribution in [2.75, 3.05) is 12.8 Å². The summed E-state index contributed by atoms with van der Waals surface area (Å²) in [5.41, 5.74) is 1.19. The Balaban J connectivity index is 1.73. The van der Waals surface area contributed by atoms with Crippen LogP contribution in [-0.2, 0) is 16.6 Å². The van der Waals surface area contributed by atoms with Crippen molar-refractivity contribution in [2.24, 2.45) is 0 Å². The van der Waals surface area contributed by atoms with Crippen LogP contribution in [0.2, 0.25) is 0 Å². The number of aliphatic hydroxyl groups is 1. The van der Waals surface area contributed by atoms with Gasteiger partial charge in [-0.05, 0) is 49.2 Å². The smallest absolute Gasteiger partial charge is 0.211 e. The number of sulfonamides is 1. The van der Waals surface area contributed by atoms with Crippen molar-refractivity contribution in [2.45, 2.75) is 31.5 Å². The Labute approximate surface area is 155 Å². The minimum Gasteiger partial charge on any atom is -0.390 e. The lowest BCUT2D eigenvalue weighted by Gasteiger charge is -2.23. The van der Waals surface area contributed by atoms with E-state index < -0.39 is 27.8 Å². The van der Waals surface area contributed by atoms with Crippen molar-refractivity contribution < 1.29 is 22.3 Å². The highest BCUT2D eigenvalue weighted by Crippen LogP contribution is 2.32. The Morgan fingerprint density at radius 2 is 1.78 bits per heavy atom. The van der Waals surface area contributed by atoms with Gasteiger partial charge in [0.2, 0.25) is 10.0 Å². The Morgan fingerprint density at radius 1 is 1.11 bits per heavy atom. The summed E-state index contributed by atoms with van der Waals surface area (Å²) in [5.74, 6) is -0.833. The van der Waals surface area contributed by atoms with Gasteiger partial charge in [0.05, 0.1) is 24.4 Å². The highest BCUT2D eigenvalue weighted by Gasteiger charge is 2.36. The summed E-state index contributed by atoms with van der Waals surface area (Å²) in [7, 11) is -3.42. The molecule has 1 aliphatic rings. The summed E-state index contributed by atoms with van der Waals surface area (Å²) >= 11 is 0. The molecule has 0 saturated heterocycles. The maximum absolute atomic E-state index is 13.8. The molecule has 27 heavy (non-hydrogen) atoms. The molecule has 4 rings (SSSR count). The third kappa shape index (κ3) is 3.56. The number of aromatic nitrogens is 1. The van der Waals surface area contributed by atoms with Crippen molar-refractivity contribution in [1.29, 1.82) is 0 Å². The van der Waals surface area contributed by atoms with Crippen LogP contribution in [0, 0.1) is 11.6 Å². The van der Waals surface area contributed by atoms with E-state index in [9.17, 15) is 22.3 Å². The number of aliphatic hydroxyl groups excluding tert-OH is 1. The third-order valence-electron chi connectivity index (χ3n) is 4.95. The molecule has 1 aliphatic carbocycles. The number of benzene rings is 2. The number of hydrogen-bond acceptors (Lipinski definition) is 3. The molecule has 8 heteroatoms. The van der Waals surface area contributed by atoms with Gasteiger partial charge in [-0.2, -0.15) is 4.31 Å². The summed E-state index contributed by atoms with van der Waals surface area (Å²) < 4.78 is 54.5. The van der Waals surface area contributed by atoms with Crippen molar-refractivity contribution >= 4 is 31.8 Å². The van der Waals surface area contributed by atoms with Crippen LogP contribution in [-0.4, -0.2) is 47.3 Å². The van der Waals surface area contributed by atoms with Crippen LogP contribution in [0.4, 0.5) is 8.78 Å². The van der Waals surface area contributed by atoms with E-state index in [4.69, 9.17) is 0 Å². The van der Waals surface area contributed by atoms with Gasteiger partial charge in [-0.25, -0.2) is 17.2 Å². The lowest BCUT2D eigenvalue weighted by molar-refractivity contribution is 0.128. The van der Waals surface area contributed by atoms with E-state index in [-0.39, 0.29) is 19.1 Å². The molecule has 1 saturated carbocycles. The lowest BCUT2D eigenvalue weighted by atomic mass is 10.1. The van der Waals surface area contributed by atoms with Gasteiger partial charge < -0.3 is 9.67 Å². The summed E-state index contributed by atoms with van der Waals surface area (Å²) in [6.07, 6.45) is 1.74. The predicted octanol–water partition coefficient (Wildman–Crippen LogP) is 2.86. The van der Waals surface area contributed by atoms with Crippen LogP contribution >= 0.6 is 0 Å². The molecule has 1 N–H and O–H groups in total. The zero-order valence-electron chi connectivity index (χ0n) is 14.8. The van der Waals surface area contributed by atoms with Crippen LogP contribution in [0.15, 0.2) is 36.4 Å². The van der Waals surface area contributed by atoms with Crippen LogP contribution in [0.1, 0.15) is 12.8 Å². The van der Waals surface area contributed by atoms with E-state index in [1.54, 1.807) is 16.7 Å². The van der Waals surface area contributed by atoms with Crippen molar-refractivity contribution in [1.82, 2.24) is 8.87 Å². The maximum Gasteiger partial charge on any atom is 0.211 e. The molecule has 5 nitrogen and oxygen atoms in total. The second kappa shape index (κ2) is 6.54. The standard InChI is InChI=1S/C19H20F2N2O3S/c1-27(25,26)23(14-4-5-14)11-15(24)10-22-18-7-3-12(20)8-17(18)16-6-2-13(21)9-19(16)22/h2-3,6-9,14-15,24H,4-5,10-11H2,1H3. The molecule has 1 fully saturated rings. The van der Waals surface area contributed by atoms with Crippen LogP contribution in [0.25, 0.3) is 21.8 Å². The average Bonchev–Trinajstić information content (AvgIpc) is 3.37. The summed E-state index contributed by atoms with van der Waals surface area (Å²) in [4.78, 5) is 0. The predicted molar refractivity (Wildman–Crippen MR) is 99.9 cm³/mol. The molecule has 1 atom stereocenters. The Morgan fingerprint density at radius 3 is 2.44 bits per heavy atom. The molecule has 0 amide bonds. The first-order valence-corrected chi connectivity index (χ1v) is 10.6. The first-order chi connectivity index (χ1) is 12.7. The normalized spacial score (nSPS) is 16.5. The average molecular weight is 394 g/mol. The zero-order valence-corrected chi connectivity index (χ0v) is 15.6. The van der Waals surface area contributed by atoms with Crippen LogP contribution in [0.5, 0.6) is 0 Å². The fourth-order valence-electron chi connectivity index (χ4n) is 3.64. The quantitative estimate of drug-likeness (QED) is 0.699. The van der Waals surface area contributed by atoms with E-state index >= 15 is 0 Å². The van der Waals surface area contributed by atoms with Gasteiger partial charge in [0.15, 0.2) is 0 Å². The molecule has 0 aliphatic heterocycles. The number of rotatable bonds is 6. The molecule has 1 aromatic heterocycles. The van der Waals surface area contributed by atoms with E-state index in [0.29, 0.717) is 21.8 Å². The molecular formula is C19H20F2N2O3S. The first kappa shape index (κ1) is 18.3. The number of nitrogens with zero attached hydrogens (tertiary/aromatic N) is 2. The van der Waals surface area contributed by atoms with Gasteiger partial charge in [-0.15, -0.1) is 0 Å². The van der Waals surface area contributed by atoms with Gasteiger partial charge in [-0.1, -0.05) is 0 Å². The molecule has 144 valence electrons. The summed E-state index contributed by atoms with van der Waals surface area (Å²) in [6, 6.07) is 8.46. The maximum atomic E-state index is 13.8. The number of hydrogen-bond donors (Lipinski definition) is 1. The molecule has 1 heterocycles. The Kier molecular flexibility index (Phi) is 4.44. The highest BCUT2D eigenvalue weighted by molar-refractivity contribution is 7.88. The molecule has 0 bridgehead atoms. The molecule has 0 radical (unpaired) electrons. The van der Waals surface area contributed by atoms with Gasteiger partial charge in [0.1, 0.15) is 11.6 Å². The molecular weight excluding hydrogens is 374 g/mol. The monoisotopic (exact) mass is 394 g/mol. The lowest BCUT2D eigenvalue weighted by Crippen LogP contribution is -2.39. The second-order valence-corrected chi connectivity index (χ2v) is 9.09. The van der Waals surface area contributed by atoms with Gasteiger partial charge in [0, 0.05) is 28.9 Å². The molecule has 1 unspecified atom stereocenters. The first-order valence-electron chi connectivity index (χ1n) is 8.76. The van der Waals surface area contributed by atoms with Crippen molar-refractivity contribution in [3.05, 3.63) is 48.0 Å². The Hall–Kier alpha value is -2.03. The summed E-state index contributed by atoms with van der Waals surface area (Å²) in [6.45, 7) is 0.0506. The Bertz CT molecular complexity index is 1120. The van der Waals surface area contributed by atoms with Gasteiger partial charge >= 0.3 is 0 Å². The topological polar surface area (TPSA) is 62.5 Å². The SMILES string of the molecule is CS(=O)(=O)N(CC(O)Cn1c2ccc(F)cc2c2ccc(F)cc21)C1CC1. The van der Waals surface area contributed by atoms with Crippen LogP contribution < -0.4 is 0 Å². The van der Waals surface area contributed by atoms with E-state index in [1.165, 1.54) is 28.6 Å². The van der Waals surface area contributed by atoms with E-state index in [1.807, 2.05) is 0 Å².